The average molecular weight is 232 g/mol. The van der Waals surface area contributed by atoms with Crippen molar-refractivity contribution in [3.05, 3.63) is 40.8 Å². The largest absolute Gasteiger partial charge is 0.491 e. The number of hydrogen-bond acceptors (Lipinski definition) is 3. The van der Waals surface area contributed by atoms with Gasteiger partial charge in [-0.25, -0.2) is 0 Å². The third-order valence-corrected chi connectivity index (χ3v) is 2.67. The van der Waals surface area contributed by atoms with Gasteiger partial charge >= 0.3 is 0 Å². The second-order valence-electron chi connectivity index (χ2n) is 4.16. The van der Waals surface area contributed by atoms with Gasteiger partial charge in [0.05, 0.1) is 17.8 Å². The smallest absolute Gasteiger partial charge is 0.192 e. The van der Waals surface area contributed by atoms with E-state index in [1.807, 2.05) is 13.0 Å². The molecular weight excluding hydrogens is 216 g/mol. The number of hydrogen-bond donors (Lipinski definition) is 0. The van der Waals surface area contributed by atoms with Gasteiger partial charge in [-0.05, 0) is 25.5 Å². The van der Waals surface area contributed by atoms with Gasteiger partial charge in [-0.15, -0.1) is 0 Å². The van der Waals surface area contributed by atoms with Gasteiger partial charge in [0.1, 0.15) is 11.3 Å². The van der Waals surface area contributed by atoms with Gasteiger partial charge in [-0.1, -0.05) is 13.3 Å². The maximum Gasteiger partial charge on any atom is 0.192 e. The predicted octanol–water partition coefficient (Wildman–Crippen LogP) is 3.36. The zero-order valence-corrected chi connectivity index (χ0v) is 10.1. The van der Waals surface area contributed by atoms with Gasteiger partial charge in [0.2, 0.25) is 0 Å². The molecule has 0 aliphatic carbocycles. The normalized spacial score (nSPS) is 12.6. The lowest BCUT2D eigenvalue weighted by Gasteiger charge is -2.13. The quantitative estimate of drug-likeness (QED) is 0.811. The molecule has 0 aliphatic heterocycles. The van der Waals surface area contributed by atoms with Gasteiger partial charge < -0.3 is 9.15 Å². The predicted molar refractivity (Wildman–Crippen MR) is 67.5 cm³/mol. The van der Waals surface area contributed by atoms with E-state index in [0.29, 0.717) is 11.0 Å². The van der Waals surface area contributed by atoms with Crippen LogP contribution in [0.4, 0.5) is 0 Å². The molecule has 90 valence electrons. The molecule has 0 saturated heterocycles. The van der Waals surface area contributed by atoms with Gasteiger partial charge in [-0.3, -0.25) is 4.79 Å². The molecule has 17 heavy (non-hydrogen) atoms. The van der Waals surface area contributed by atoms with Crippen LogP contribution in [-0.4, -0.2) is 6.10 Å². The van der Waals surface area contributed by atoms with Crippen molar-refractivity contribution < 1.29 is 9.15 Å². The Kier molecular flexibility index (Phi) is 3.47. The SMILES string of the molecule is CCC[C@@H](C)Oc1ccc2c(=O)ccoc2c1. The molecule has 2 rings (SSSR count). The first-order valence-corrected chi connectivity index (χ1v) is 5.89. The van der Waals surface area contributed by atoms with E-state index < -0.39 is 0 Å². The summed E-state index contributed by atoms with van der Waals surface area (Å²) in [5, 5.41) is 0.586. The molecule has 0 aliphatic rings. The maximum absolute atomic E-state index is 11.5. The van der Waals surface area contributed by atoms with Crippen LogP contribution < -0.4 is 10.2 Å². The summed E-state index contributed by atoms with van der Waals surface area (Å²) >= 11 is 0. The molecule has 0 radical (unpaired) electrons. The van der Waals surface area contributed by atoms with Crippen LogP contribution in [0.3, 0.4) is 0 Å². The molecule has 0 fully saturated rings. The van der Waals surface area contributed by atoms with Crippen molar-refractivity contribution in [1.29, 1.82) is 0 Å². The molecule has 1 aromatic heterocycles. The van der Waals surface area contributed by atoms with Crippen LogP contribution in [0.2, 0.25) is 0 Å². The van der Waals surface area contributed by atoms with E-state index >= 15 is 0 Å². The van der Waals surface area contributed by atoms with Gasteiger partial charge in [0.15, 0.2) is 5.43 Å². The van der Waals surface area contributed by atoms with Crippen molar-refractivity contribution in [2.75, 3.05) is 0 Å². The van der Waals surface area contributed by atoms with Crippen LogP contribution in [0.1, 0.15) is 26.7 Å². The van der Waals surface area contributed by atoms with Gasteiger partial charge in [0.25, 0.3) is 0 Å². The molecule has 3 heteroatoms. The summed E-state index contributed by atoms with van der Waals surface area (Å²) in [5.41, 5.74) is 0.540. The molecule has 0 unspecified atom stereocenters. The lowest BCUT2D eigenvalue weighted by atomic mass is 10.2. The first-order chi connectivity index (χ1) is 8.20. The topological polar surface area (TPSA) is 39.4 Å². The summed E-state index contributed by atoms with van der Waals surface area (Å²) in [6.45, 7) is 4.16. The molecule has 1 atom stereocenters. The van der Waals surface area contributed by atoms with E-state index in [4.69, 9.17) is 9.15 Å². The van der Waals surface area contributed by atoms with Crippen LogP contribution in [0, 0.1) is 0 Å². The molecule has 0 N–H and O–H groups in total. The Labute approximate surface area is 100 Å². The van der Waals surface area contributed by atoms with Crippen molar-refractivity contribution in [2.45, 2.75) is 32.8 Å². The van der Waals surface area contributed by atoms with Crippen molar-refractivity contribution in [1.82, 2.24) is 0 Å². The standard InChI is InChI=1S/C14H16O3/c1-3-4-10(2)17-11-5-6-12-13(15)7-8-16-14(12)9-11/h5-10H,3-4H2,1-2H3/t10-/m1/s1. The molecular formula is C14H16O3. The minimum absolute atomic E-state index is 0.0283. The highest BCUT2D eigenvalue weighted by molar-refractivity contribution is 5.77. The molecule has 0 spiro atoms. The Bertz CT molecular complexity index is 557. The monoisotopic (exact) mass is 232 g/mol. The fourth-order valence-electron chi connectivity index (χ4n) is 1.83. The second-order valence-corrected chi connectivity index (χ2v) is 4.16. The average Bonchev–Trinajstić information content (AvgIpc) is 2.29. The minimum atomic E-state index is -0.0283. The van der Waals surface area contributed by atoms with E-state index in [1.54, 1.807) is 12.1 Å². The Morgan fingerprint density at radius 3 is 2.94 bits per heavy atom. The molecule has 3 nitrogen and oxygen atoms in total. The molecule has 1 aromatic carbocycles. The zero-order chi connectivity index (χ0) is 12.3. The van der Waals surface area contributed by atoms with Gasteiger partial charge in [0, 0.05) is 12.1 Å². The van der Waals surface area contributed by atoms with E-state index in [0.717, 1.165) is 18.6 Å². The highest BCUT2D eigenvalue weighted by Gasteiger charge is 2.05. The summed E-state index contributed by atoms with van der Waals surface area (Å²) in [6.07, 6.45) is 3.68. The molecule has 1 heterocycles. The van der Waals surface area contributed by atoms with Crippen molar-refractivity contribution in [3.8, 4) is 5.75 Å². The lowest BCUT2D eigenvalue weighted by Crippen LogP contribution is -2.11. The van der Waals surface area contributed by atoms with Crippen molar-refractivity contribution in [2.24, 2.45) is 0 Å². The molecule has 0 amide bonds. The van der Waals surface area contributed by atoms with Crippen LogP contribution in [0.5, 0.6) is 5.75 Å². The Morgan fingerprint density at radius 1 is 1.35 bits per heavy atom. The maximum atomic E-state index is 11.5. The first-order valence-electron chi connectivity index (χ1n) is 5.89. The lowest BCUT2D eigenvalue weighted by molar-refractivity contribution is 0.210. The Morgan fingerprint density at radius 2 is 2.18 bits per heavy atom. The summed E-state index contributed by atoms with van der Waals surface area (Å²) in [5.74, 6) is 0.743. The zero-order valence-electron chi connectivity index (χ0n) is 10.1. The molecule has 0 saturated carbocycles. The van der Waals surface area contributed by atoms with Crippen LogP contribution in [0.15, 0.2) is 39.7 Å². The Balaban J connectivity index is 2.29. The summed E-state index contributed by atoms with van der Waals surface area (Å²) < 4.78 is 11.0. The van der Waals surface area contributed by atoms with Crippen molar-refractivity contribution in [3.63, 3.8) is 0 Å². The minimum Gasteiger partial charge on any atom is -0.491 e. The molecule has 0 bridgehead atoms. The Hall–Kier alpha value is -1.77. The highest BCUT2D eigenvalue weighted by atomic mass is 16.5. The van der Waals surface area contributed by atoms with E-state index in [1.165, 1.54) is 12.3 Å². The summed E-state index contributed by atoms with van der Waals surface area (Å²) in [6, 6.07) is 6.74. The third-order valence-electron chi connectivity index (χ3n) is 2.67. The van der Waals surface area contributed by atoms with E-state index in [-0.39, 0.29) is 11.5 Å². The van der Waals surface area contributed by atoms with E-state index in [9.17, 15) is 4.79 Å². The number of benzene rings is 1. The third kappa shape index (κ3) is 2.67. The molecule has 2 aromatic rings. The highest BCUT2D eigenvalue weighted by Crippen LogP contribution is 2.20. The number of rotatable bonds is 4. The second kappa shape index (κ2) is 5.04. The number of fused-ring (bicyclic) bond motifs is 1. The van der Waals surface area contributed by atoms with E-state index in [2.05, 4.69) is 6.92 Å². The van der Waals surface area contributed by atoms with Crippen LogP contribution in [0.25, 0.3) is 11.0 Å². The van der Waals surface area contributed by atoms with Crippen LogP contribution in [-0.2, 0) is 0 Å². The summed E-state index contributed by atoms with van der Waals surface area (Å²) in [4.78, 5) is 11.5. The fraction of sp³-hybridized carbons (Fsp3) is 0.357. The number of ether oxygens (including phenoxy) is 1. The first kappa shape index (κ1) is 11.7. The fourth-order valence-corrected chi connectivity index (χ4v) is 1.83. The summed E-state index contributed by atoms with van der Waals surface area (Å²) in [7, 11) is 0. The van der Waals surface area contributed by atoms with Crippen LogP contribution >= 0.6 is 0 Å². The van der Waals surface area contributed by atoms with Crippen molar-refractivity contribution >= 4 is 11.0 Å². The van der Waals surface area contributed by atoms with Gasteiger partial charge in [-0.2, -0.15) is 0 Å².